The monoisotopic (exact) mass is 314 g/mol. The van der Waals surface area contributed by atoms with Crippen molar-refractivity contribution in [1.29, 1.82) is 0 Å². The Morgan fingerprint density at radius 1 is 1.50 bits per heavy atom. The van der Waals surface area contributed by atoms with E-state index >= 15 is 0 Å². The molecule has 0 aromatic heterocycles. The predicted molar refractivity (Wildman–Crippen MR) is 71.0 cm³/mol. The molecular weight excluding hydrogens is 299 g/mol. The molecule has 0 atom stereocenters. The molecule has 1 aliphatic carbocycles. The van der Waals surface area contributed by atoms with E-state index in [1.54, 1.807) is 19.2 Å². The molecule has 1 aromatic rings. The lowest BCUT2D eigenvalue weighted by Crippen LogP contribution is -2.41. The summed E-state index contributed by atoms with van der Waals surface area (Å²) in [5, 5.41) is 0. The van der Waals surface area contributed by atoms with E-state index in [-0.39, 0.29) is 23.6 Å². The maximum absolute atomic E-state index is 13.3. The molecule has 1 saturated carbocycles. The SMILES string of the molecule is COC1(CC(=O)Cc2cccc(F)c2Br)CCC1. The molecule has 1 aromatic carbocycles. The number of benzene rings is 1. The molecular formula is C14H16BrFO2. The van der Waals surface area contributed by atoms with Crippen molar-refractivity contribution >= 4 is 21.7 Å². The predicted octanol–water partition coefficient (Wildman–Crippen LogP) is 3.66. The second-order valence-electron chi connectivity index (χ2n) is 4.85. The van der Waals surface area contributed by atoms with Crippen LogP contribution in [0.15, 0.2) is 22.7 Å². The number of ketones is 1. The topological polar surface area (TPSA) is 26.3 Å². The fourth-order valence-corrected chi connectivity index (χ4v) is 2.75. The maximum atomic E-state index is 13.3. The van der Waals surface area contributed by atoms with Crippen molar-refractivity contribution < 1.29 is 13.9 Å². The first-order valence-corrected chi connectivity index (χ1v) is 6.85. The maximum Gasteiger partial charge on any atom is 0.140 e. The summed E-state index contributed by atoms with van der Waals surface area (Å²) in [7, 11) is 1.66. The van der Waals surface area contributed by atoms with Crippen molar-refractivity contribution in [1.82, 2.24) is 0 Å². The van der Waals surface area contributed by atoms with E-state index < -0.39 is 0 Å². The van der Waals surface area contributed by atoms with Gasteiger partial charge in [0, 0.05) is 20.0 Å². The number of rotatable bonds is 5. The summed E-state index contributed by atoms with van der Waals surface area (Å²) in [5.74, 6) is -0.228. The van der Waals surface area contributed by atoms with Gasteiger partial charge in [-0.3, -0.25) is 4.79 Å². The molecule has 0 heterocycles. The summed E-state index contributed by atoms with van der Waals surface area (Å²) in [6, 6.07) is 4.77. The zero-order chi connectivity index (χ0) is 13.2. The first-order valence-electron chi connectivity index (χ1n) is 6.06. The van der Waals surface area contributed by atoms with Crippen molar-refractivity contribution in [3.63, 3.8) is 0 Å². The Balaban J connectivity index is 2.01. The number of halogens is 2. The van der Waals surface area contributed by atoms with Crippen LogP contribution < -0.4 is 0 Å². The van der Waals surface area contributed by atoms with Gasteiger partial charge in [-0.15, -0.1) is 0 Å². The molecule has 0 amide bonds. The van der Waals surface area contributed by atoms with Crippen LogP contribution in [0, 0.1) is 5.82 Å². The smallest absolute Gasteiger partial charge is 0.140 e. The molecule has 0 N–H and O–H groups in total. The summed E-state index contributed by atoms with van der Waals surface area (Å²) in [6.07, 6.45) is 3.68. The van der Waals surface area contributed by atoms with Gasteiger partial charge in [0.25, 0.3) is 0 Å². The first kappa shape index (κ1) is 13.7. The van der Waals surface area contributed by atoms with Crippen LogP contribution in [0.2, 0.25) is 0 Å². The molecule has 4 heteroatoms. The number of ether oxygens (including phenoxy) is 1. The van der Waals surface area contributed by atoms with Gasteiger partial charge in [-0.1, -0.05) is 12.1 Å². The van der Waals surface area contributed by atoms with E-state index in [1.807, 2.05) is 0 Å². The van der Waals surface area contributed by atoms with E-state index in [1.165, 1.54) is 6.07 Å². The summed E-state index contributed by atoms with van der Waals surface area (Å²) in [4.78, 5) is 12.0. The summed E-state index contributed by atoms with van der Waals surface area (Å²) in [6.45, 7) is 0. The van der Waals surface area contributed by atoms with Crippen molar-refractivity contribution in [2.45, 2.75) is 37.7 Å². The fourth-order valence-electron chi connectivity index (χ4n) is 2.34. The van der Waals surface area contributed by atoms with Gasteiger partial charge in [0.2, 0.25) is 0 Å². The molecule has 0 radical (unpaired) electrons. The lowest BCUT2D eigenvalue weighted by Gasteiger charge is -2.40. The quantitative estimate of drug-likeness (QED) is 0.829. The zero-order valence-electron chi connectivity index (χ0n) is 10.3. The van der Waals surface area contributed by atoms with Gasteiger partial charge < -0.3 is 4.74 Å². The van der Waals surface area contributed by atoms with Crippen molar-refractivity contribution in [2.75, 3.05) is 7.11 Å². The molecule has 1 fully saturated rings. The summed E-state index contributed by atoms with van der Waals surface area (Å²) >= 11 is 3.18. The van der Waals surface area contributed by atoms with E-state index in [2.05, 4.69) is 15.9 Å². The lowest BCUT2D eigenvalue weighted by atomic mass is 9.76. The Bertz CT molecular complexity index is 450. The normalized spacial score (nSPS) is 17.3. The molecule has 1 aliphatic rings. The standard InChI is InChI=1S/C14H16BrFO2/c1-18-14(6-3-7-14)9-11(17)8-10-4-2-5-12(16)13(10)15/h2,4-5H,3,6-9H2,1H3. The van der Waals surface area contributed by atoms with E-state index in [0.29, 0.717) is 16.5 Å². The average Bonchev–Trinajstić information content (AvgIpc) is 2.30. The minimum absolute atomic E-state index is 0.0999. The van der Waals surface area contributed by atoms with Crippen LogP contribution in [0.5, 0.6) is 0 Å². The lowest BCUT2D eigenvalue weighted by molar-refractivity contribution is -0.131. The Morgan fingerprint density at radius 2 is 2.22 bits per heavy atom. The third kappa shape index (κ3) is 2.81. The Kier molecular flexibility index (Phi) is 4.17. The Hall–Kier alpha value is -0.740. The van der Waals surface area contributed by atoms with Gasteiger partial charge in [0.05, 0.1) is 10.1 Å². The highest BCUT2D eigenvalue weighted by molar-refractivity contribution is 9.10. The van der Waals surface area contributed by atoms with Crippen LogP contribution in [0.1, 0.15) is 31.2 Å². The summed E-state index contributed by atoms with van der Waals surface area (Å²) < 4.78 is 19.1. The summed E-state index contributed by atoms with van der Waals surface area (Å²) in [5.41, 5.74) is 0.447. The van der Waals surface area contributed by atoms with Gasteiger partial charge in [0.15, 0.2) is 0 Å². The average molecular weight is 315 g/mol. The number of carbonyl (C=O) groups is 1. The van der Waals surface area contributed by atoms with Crippen LogP contribution >= 0.6 is 15.9 Å². The Labute approximate surface area is 115 Å². The van der Waals surface area contributed by atoms with E-state index in [0.717, 1.165) is 19.3 Å². The molecule has 0 bridgehead atoms. The van der Waals surface area contributed by atoms with Crippen LogP contribution in [0.3, 0.4) is 0 Å². The molecule has 0 saturated heterocycles. The third-order valence-corrected chi connectivity index (χ3v) is 4.52. The number of hydrogen-bond donors (Lipinski definition) is 0. The number of hydrogen-bond acceptors (Lipinski definition) is 2. The fraction of sp³-hybridized carbons (Fsp3) is 0.500. The van der Waals surface area contributed by atoms with Crippen LogP contribution in [0.4, 0.5) is 4.39 Å². The highest BCUT2D eigenvalue weighted by Crippen LogP contribution is 2.38. The number of carbonyl (C=O) groups excluding carboxylic acids is 1. The second kappa shape index (κ2) is 5.49. The van der Waals surface area contributed by atoms with Crippen LogP contribution in [-0.4, -0.2) is 18.5 Å². The first-order chi connectivity index (χ1) is 8.56. The van der Waals surface area contributed by atoms with Gasteiger partial charge in [-0.2, -0.15) is 0 Å². The largest absolute Gasteiger partial charge is 0.378 e. The van der Waals surface area contributed by atoms with E-state index in [9.17, 15) is 9.18 Å². The van der Waals surface area contributed by atoms with Crippen LogP contribution in [-0.2, 0) is 16.0 Å². The Morgan fingerprint density at radius 3 is 2.78 bits per heavy atom. The molecule has 18 heavy (non-hydrogen) atoms. The number of Topliss-reactive ketones (excluding diaryl/α,β-unsaturated/α-hetero) is 1. The van der Waals surface area contributed by atoms with Gasteiger partial charge in [-0.25, -0.2) is 4.39 Å². The molecule has 2 nitrogen and oxygen atoms in total. The third-order valence-electron chi connectivity index (χ3n) is 3.64. The minimum atomic E-state index is -0.328. The molecule has 2 rings (SSSR count). The van der Waals surface area contributed by atoms with Crippen molar-refractivity contribution in [2.24, 2.45) is 0 Å². The van der Waals surface area contributed by atoms with Gasteiger partial charge >= 0.3 is 0 Å². The number of methoxy groups -OCH3 is 1. The van der Waals surface area contributed by atoms with Crippen LogP contribution in [0.25, 0.3) is 0 Å². The van der Waals surface area contributed by atoms with Crippen molar-refractivity contribution in [3.05, 3.63) is 34.1 Å². The highest BCUT2D eigenvalue weighted by atomic mass is 79.9. The minimum Gasteiger partial charge on any atom is -0.378 e. The van der Waals surface area contributed by atoms with Gasteiger partial charge in [-0.05, 0) is 46.8 Å². The van der Waals surface area contributed by atoms with E-state index in [4.69, 9.17) is 4.74 Å². The molecule has 98 valence electrons. The zero-order valence-corrected chi connectivity index (χ0v) is 11.9. The molecule has 0 aliphatic heterocycles. The van der Waals surface area contributed by atoms with Crippen molar-refractivity contribution in [3.8, 4) is 0 Å². The highest BCUT2D eigenvalue weighted by Gasteiger charge is 2.38. The second-order valence-corrected chi connectivity index (χ2v) is 5.64. The molecule has 0 unspecified atom stereocenters. The van der Waals surface area contributed by atoms with Gasteiger partial charge in [0.1, 0.15) is 11.6 Å². The molecule has 0 spiro atoms.